The van der Waals surface area contributed by atoms with Crippen molar-refractivity contribution in [1.82, 2.24) is 10.6 Å². The van der Waals surface area contributed by atoms with Crippen LogP contribution in [0.15, 0.2) is 12.1 Å². The first-order chi connectivity index (χ1) is 8.47. The summed E-state index contributed by atoms with van der Waals surface area (Å²) in [6.45, 7) is 6.40. The molecule has 1 aliphatic rings. The van der Waals surface area contributed by atoms with Crippen molar-refractivity contribution < 1.29 is 9.59 Å². The average Bonchev–Trinajstić information content (AvgIpc) is 2.72. The van der Waals surface area contributed by atoms with Gasteiger partial charge >= 0.3 is 6.03 Å². The Bertz CT molecular complexity index is 488. The SMILES string of the molecule is Cc1cc(NC(=O)[C@@H]2CNC(=O)N2)cc(C)c1C. The normalized spacial score (nSPS) is 18.2. The molecule has 0 bridgehead atoms. The lowest BCUT2D eigenvalue weighted by Gasteiger charge is -2.13. The van der Waals surface area contributed by atoms with Crippen LogP contribution in [0.3, 0.4) is 0 Å². The fourth-order valence-electron chi connectivity index (χ4n) is 1.95. The van der Waals surface area contributed by atoms with E-state index >= 15 is 0 Å². The maximum absolute atomic E-state index is 11.9. The molecule has 0 aliphatic carbocycles. The molecule has 1 heterocycles. The number of rotatable bonds is 2. The molecule has 3 amide bonds. The van der Waals surface area contributed by atoms with Gasteiger partial charge in [0.1, 0.15) is 6.04 Å². The standard InChI is InChI=1S/C13H17N3O2/c1-7-4-10(5-8(2)9(7)3)15-12(17)11-6-14-13(18)16-11/h4-5,11H,6H2,1-3H3,(H,15,17)(H2,14,16,18)/t11-/m0/s1. The van der Waals surface area contributed by atoms with Crippen molar-refractivity contribution in [2.24, 2.45) is 0 Å². The number of aryl methyl sites for hydroxylation is 2. The Hall–Kier alpha value is -2.04. The van der Waals surface area contributed by atoms with E-state index < -0.39 is 6.04 Å². The molecule has 5 nitrogen and oxygen atoms in total. The zero-order valence-corrected chi connectivity index (χ0v) is 10.8. The van der Waals surface area contributed by atoms with Crippen LogP contribution in [0.4, 0.5) is 10.5 Å². The van der Waals surface area contributed by atoms with Crippen molar-refractivity contribution in [3.63, 3.8) is 0 Å². The van der Waals surface area contributed by atoms with Crippen LogP contribution in [0, 0.1) is 20.8 Å². The second kappa shape index (κ2) is 4.68. The van der Waals surface area contributed by atoms with E-state index in [1.807, 2.05) is 26.0 Å². The molecule has 1 saturated heterocycles. The summed E-state index contributed by atoms with van der Waals surface area (Å²) in [4.78, 5) is 22.9. The van der Waals surface area contributed by atoms with E-state index in [1.165, 1.54) is 5.56 Å². The molecule has 0 aromatic heterocycles. The van der Waals surface area contributed by atoms with Crippen LogP contribution >= 0.6 is 0 Å². The molecule has 1 aromatic rings. The highest BCUT2D eigenvalue weighted by atomic mass is 16.2. The van der Waals surface area contributed by atoms with Gasteiger partial charge in [0.25, 0.3) is 0 Å². The molecule has 3 N–H and O–H groups in total. The number of nitrogens with one attached hydrogen (secondary N) is 3. The second-order valence-corrected chi connectivity index (χ2v) is 4.63. The maximum atomic E-state index is 11.9. The third-order valence-corrected chi connectivity index (χ3v) is 3.28. The summed E-state index contributed by atoms with van der Waals surface area (Å²) in [6.07, 6.45) is 0. The van der Waals surface area contributed by atoms with Gasteiger partial charge in [-0.1, -0.05) is 0 Å². The molecule has 1 fully saturated rings. The summed E-state index contributed by atoms with van der Waals surface area (Å²) in [5.41, 5.74) is 4.27. The van der Waals surface area contributed by atoms with Crippen LogP contribution in [0.5, 0.6) is 0 Å². The quantitative estimate of drug-likeness (QED) is 0.735. The predicted molar refractivity (Wildman–Crippen MR) is 69.6 cm³/mol. The Morgan fingerprint density at radius 1 is 1.28 bits per heavy atom. The van der Waals surface area contributed by atoms with Crippen molar-refractivity contribution in [2.45, 2.75) is 26.8 Å². The first kappa shape index (κ1) is 12.4. The third-order valence-electron chi connectivity index (χ3n) is 3.28. The van der Waals surface area contributed by atoms with Gasteiger partial charge in [0.05, 0.1) is 0 Å². The number of urea groups is 1. The van der Waals surface area contributed by atoms with Gasteiger partial charge in [-0.25, -0.2) is 4.79 Å². The third kappa shape index (κ3) is 2.45. The summed E-state index contributed by atoms with van der Waals surface area (Å²) in [6, 6.07) is 3.07. The van der Waals surface area contributed by atoms with Crippen LogP contribution in [0.25, 0.3) is 0 Å². The van der Waals surface area contributed by atoms with Crippen molar-refractivity contribution >= 4 is 17.6 Å². The lowest BCUT2D eigenvalue weighted by Crippen LogP contribution is -2.38. The number of amides is 3. The first-order valence-electron chi connectivity index (χ1n) is 5.90. The number of carbonyl (C=O) groups is 2. The number of anilines is 1. The predicted octanol–water partition coefficient (Wildman–Crippen LogP) is 1.23. The van der Waals surface area contributed by atoms with Crippen LogP contribution < -0.4 is 16.0 Å². The van der Waals surface area contributed by atoms with Gasteiger partial charge in [-0.05, 0) is 49.6 Å². The van der Waals surface area contributed by atoms with Gasteiger partial charge in [-0.2, -0.15) is 0 Å². The van der Waals surface area contributed by atoms with E-state index in [0.717, 1.165) is 16.8 Å². The molecular formula is C13H17N3O2. The van der Waals surface area contributed by atoms with E-state index in [0.29, 0.717) is 6.54 Å². The Balaban J connectivity index is 2.10. The number of carbonyl (C=O) groups excluding carboxylic acids is 2. The zero-order valence-electron chi connectivity index (χ0n) is 10.8. The molecule has 0 unspecified atom stereocenters. The highest BCUT2D eigenvalue weighted by molar-refractivity contribution is 5.99. The summed E-state index contributed by atoms with van der Waals surface area (Å²) < 4.78 is 0. The van der Waals surface area contributed by atoms with Gasteiger partial charge in [-0.3, -0.25) is 4.79 Å². The minimum absolute atomic E-state index is 0.198. The summed E-state index contributed by atoms with van der Waals surface area (Å²) in [5.74, 6) is -0.198. The van der Waals surface area contributed by atoms with E-state index in [9.17, 15) is 9.59 Å². The minimum Gasteiger partial charge on any atom is -0.336 e. The van der Waals surface area contributed by atoms with Crippen molar-refractivity contribution in [2.75, 3.05) is 11.9 Å². The van der Waals surface area contributed by atoms with Crippen LogP contribution in [0.2, 0.25) is 0 Å². The molecule has 0 saturated carbocycles. The Kier molecular flexibility index (Phi) is 3.23. The zero-order chi connectivity index (χ0) is 13.3. The monoisotopic (exact) mass is 247 g/mol. The first-order valence-corrected chi connectivity index (χ1v) is 5.90. The topological polar surface area (TPSA) is 70.2 Å². The lowest BCUT2D eigenvalue weighted by atomic mass is 10.0. The summed E-state index contributed by atoms with van der Waals surface area (Å²) in [7, 11) is 0. The van der Waals surface area contributed by atoms with Crippen molar-refractivity contribution in [3.05, 3.63) is 28.8 Å². The van der Waals surface area contributed by atoms with Crippen molar-refractivity contribution in [3.8, 4) is 0 Å². The largest absolute Gasteiger partial charge is 0.336 e. The lowest BCUT2D eigenvalue weighted by molar-refractivity contribution is -0.117. The Labute approximate surface area is 106 Å². The fourth-order valence-corrected chi connectivity index (χ4v) is 1.95. The number of hydrogen-bond donors (Lipinski definition) is 3. The van der Waals surface area contributed by atoms with Gasteiger partial charge in [0.2, 0.25) is 5.91 Å². The Morgan fingerprint density at radius 2 is 1.89 bits per heavy atom. The van der Waals surface area contributed by atoms with Crippen LogP contribution in [-0.4, -0.2) is 24.5 Å². The molecule has 1 aliphatic heterocycles. The molecule has 0 radical (unpaired) electrons. The number of benzene rings is 1. The van der Waals surface area contributed by atoms with Gasteiger partial charge < -0.3 is 16.0 Å². The highest BCUT2D eigenvalue weighted by Crippen LogP contribution is 2.19. The maximum Gasteiger partial charge on any atom is 0.315 e. The van der Waals surface area contributed by atoms with Crippen LogP contribution in [-0.2, 0) is 4.79 Å². The molecule has 18 heavy (non-hydrogen) atoms. The second-order valence-electron chi connectivity index (χ2n) is 4.63. The average molecular weight is 247 g/mol. The Morgan fingerprint density at radius 3 is 2.39 bits per heavy atom. The van der Waals surface area contributed by atoms with E-state index in [4.69, 9.17) is 0 Å². The van der Waals surface area contributed by atoms with E-state index in [-0.39, 0.29) is 11.9 Å². The number of hydrogen-bond acceptors (Lipinski definition) is 2. The molecular weight excluding hydrogens is 230 g/mol. The summed E-state index contributed by atoms with van der Waals surface area (Å²) >= 11 is 0. The van der Waals surface area contributed by atoms with Crippen molar-refractivity contribution in [1.29, 1.82) is 0 Å². The minimum atomic E-state index is -0.501. The molecule has 0 spiro atoms. The van der Waals surface area contributed by atoms with E-state index in [2.05, 4.69) is 22.9 Å². The van der Waals surface area contributed by atoms with Gasteiger partial charge in [-0.15, -0.1) is 0 Å². The smallest absolute Gasteiger partial charge is 0.315 e. The molecule has 2 rings (SSSR count). The highest BCUT2D eigenvalue weighted by Gasteiger charge is 2.26. The van der Waals surface area contributed by atoms with Gasteiger partial charge in [0, 0.05) is 12.2 Å². The van der Waals surface area contributed by atoms with E-state index in [1.54, 1.807) is 0 Å². The van der Waals surface area contributed by atoms with Crippen LogP contribution in [0.1, 0.15) is 16.7 Å². The van der Waals surface area contributed by atoms with Gasteiger partial charge in [0.15, 0.2) is 0 Å². The molecule has 96 valence electrons. The summed E-state index contributed by atoms with van der Waals surface area (Å²) in [5, 5.41) is 7.93. The molecule has 5 heteroatoms. The molecule has 1 aromatic carbocycles. The fraction of sp³-hybridized carbons (Fsp3) is 0.385. The molecule has 1 atom stereocenters.